The Morgan fingerprint density at radius 3 is 2.60 bits per heavy atom. The molecule has 0 bridgehead atoms. The number of halogens is 1. The van der Waals surface area contributed by atoms with Crippen LogP contribution in [0.4, 0.5) is 0 Å². The summed E-state index contributed by atoms with van der Waals surface area (Å²) in [6, 6.07) is 8.16. The third-order valence-corrected chi connectivity index (χ3v) is 2.69. The Labute approximate surface area is 97.6 Å². The third-order valence-electron chi connectivity index (χ3n) is 2.16. The van der Waals surface area contributed by atoms with Crippen LogP contribution in [-0.2, 0) is 4.79 Å². The largest absolute Gasteiger partial charge is 0.481 e. The normalized spacial score (nSPS) is 12.4. The molecule has 15 heavy (non-hydrogen) atoms. The van der Waals surface area contributed by atoms with Crippen LogP contribution in [0.1, 0.15) is 24.9 Å². The summed E-state index contributed by atoms with van der Waals surface area (Å²) in [5, 5.41) is 11.6. The molecule has 0 aliphatic heterocycles. The number of carbonyl (C=O) groups is 1. The maximum Gasteiger partial charge on any atom is 0.304 e. The second kappa shape index (κ2) is 5.88. The second-order valence-corrected chi connectivity index (χ2v) is 4.29. The van der Waals surface area contributed by atoms with Gasteiger partial charge in [-0.05, 0) is 24.6 Å². The highest BCUT2D eigenvalue weighted by molar-refractivity contribution is 9.10. The maximum absolute atomic E-state index is 10.3. The molecule has 0 fully saturated rings. The van der Waals surface area contributed by atoms with Gasteiger partial charge in [-0.1, -0.05) is 28.1 Å². The number of rotatable bonds is 5. The molecule has 0 amide bonds. The van der Waals surface area contributed by atoms with E-state index in [1.807, 2.05) is 31.2 Å². The Bertz CT molecular complexity index is 324. The molecule has 1 rings (SSSR count). The van der Waals surface area contributed by atoms with Gasteiger partial charge in [0.2, 0.25) is 0 Å². The molecule has 1 aromatic carbocycles. The summed E-state index contributed by atoms with van der Waals surface area (Å²) in [4.78, 5) is 10.3. The molecule has 0 unspecified atom stereocenters. The molecular weight excluding hydrogens is 258 g/mol. The van der Waals surface area contributed by atoms with Crippen LogP contribution in [0.2, 0.25) is 0 Å². The first-order valence-corrected chi connectivity index (χ1v) is 5.59. The Hall–Kier alpha value is -0.870. The molecule has 0 heterocycles. The molecule has 0 saturated heterocycles. The van der Waals surface area contributed by atoms with Gasteiger partial charge in [0.25, 0.3) is 0 Å². The van der Waals surface area contributed by atoms with Crippen LogP contribution in [0.15, 0.2) is 28.7 Å². The Morgan fingerprint density at radius 2 is 2.07 bits per heavy atom. The highest BCUT2D eigenvalue weighted by atomic mass is 79.9. The lowest BCUT2D eigenvalue weighted by atomic mass is 10.1. The predicted octanol–water partition coefficient (Wildman–Crippen LogP) is 2.57. The number of aliphatic carboxylic acids is 1. The zero-order chi connectivity index (χ0) is 11.3. The van der Waals surface area contributed by atoms with E-state index in [9.17, 15) is 4.79 Å². The van der Waals surface area contributed by atoms with Gasteiger partial charge < -0.3 is 10.4 Å². The van der Waals surface area contributed by atoms with Crippen LogP contribution in [0.3, 0.4) is 0 Å². The van der Waals surface area contributed by atoms with Crippen LogP contribution in [0, 0.1) is 0 Å². The van der Waals surface area contributed by atoms with E-state index in [4.69, 9.17) is 5.11 Å². The smallest absolute Gasteiger partial charge is 0.304 e. The van der Waals surface area contributed by atoms with Crippen molar-refractivity contribution in [3.63, 3.8) is 0 Å². The van der Waals surface area contributed by atoms with E-state index in [1.54, 1.807) is 0 Å². The predicted molar refractivity (Wildman–Crippen MR) is 62.8 cm³/mol. The van der Waals surface area contributed by atoms with E-state index in [0.717, 1.165) is 10.0 Å². The fourth-order valence-electron chi connectivity index (χ4n) is 1.26. The van der Waals surface area contributed by atoms with Gasteiger partial charge in [-0.15, -0.1) is 0 Å². The van der Waals surface area contributed by atoms with E-state index in [1.165, 1.54) is 0 Å². The fraction of sp³-hybridized carbons (Fsp3) is 0.364. The third kappa shape index (κ3) is 4.44. The van der Waals surface area contributed by atoms with Gasteiger partial charge in [-0.3, -0.25) is 4.79 Å². The summed E-state index contributed by atoms with van der Waals surface area (Å²) in [5.41, 5.74) is 1.16. The van der Waals surface area contributed by atoms with Crippen LogP contribution in [0.25, 0.3) is 0 Å². The summed E-state index contributed by atoms with van der Waals surface area (Å²) < 4.78 is 1.05. The van der Waals surface area contributed by atoms with Crippen molar-refractivity contribution in [2.45, 2.75) is 19.4 Å². The van der Waals surface area contributed by atoms with Crippen molar-refractivity contribution in [2.75, 3.05) is 6.54 Å². The van der Waals surface area contributed by atoms with Gasteiger partial charge in [0.05, 0.1) is 6.42 Å². The molecule has 0 radical (unpaired) electrons. The van der Waals surface area contributed by atoms with Crippen molar-refractivity contribution in [1.29, 1.82) is 0 Å². The molecule has 2 N–H and O–H groups in total. The van der Waals surface area contributed by atoms with Crippen LogP contribution >= 0.6 is 15.9 Å². The molecule has 0 aliphatic carbocycles. The van der Waals surface area contributed by atoms with Crippen LogP contribution in [-0.4, -0.2) is 17.6 Å². The number of carboxylic acid groups (broad SMARTS) is 1. The van der Waals surface area contributed by atoms with Crippen LogP contribution < -0.4 is 5.32 Å². The zero-order valence-electron chi connectivity index (χ0n) is 8.53. The van der Waals surface area contributed by atoms with Gasteiger partial charge in [-0.2, -0.15) is 0 Å². The van der Waals surface area contributed by atoms with Crippen molar-refractivity contribution in [3.8, 4) is 0 Å². The number of hydrogen-bond acceptors (Lipinski definition) is 2. The number of carboxylic acids is 1. The molecular formula is C11H14BrNO2. The monoisotopic (exact) mass is 271 g/mol. The summed E-state index contributed by atoms with van der Waals surface area (Å²) in [6.45, 7) is 2.51. The average Bonchev–Trinajstić information content (AvgIpc) is 2.18. The first-order chi connectivity index (χ1) is 7.09. The lowest BCUT2D eigenvalue weighted by Crippen LogP contribution is -2.21. The summed E-state index contributed by atoms with van der Waals surface area (Å²) in [5.74, 6) is -0.773. The Morgan fingerprint density at radius 1 is 1.47 bits per heavy atom. The van der Waals surface area contributed by atoms with E-state index < -0.39 is 5.97 Å². The van der Waals surface area contributed by atoms with Gasteiger partial charge in [0, 0.05) is 17.1 Å². The quantitative estimate of drug-likeness (QED) is 0.866. The average molecular weight is 272 g/mol. The molecule has 82 valence electrons. The van der Waals surface area contributed by atoms with Gasteiger partial charge in [-0.25, -0.2) is 0 Å². The Kier molecular flexibility index (Phi) is 4.78. The van der Waals surface area contributed by atoms with Gasteiger partial charge >= 0.3 is 5.97 Å². The molecule has 0 aliphatic rings. The van der Waals surface area contributed by atoms with Gasteiger partial charge in [0.15, 0.2) is 0 Å². The maximum atomic E-state index is 10.3. The number of nitrogens with one attached hydrogen (secondary N) is 1. The summed E-state index contributed by atoms with van der Waals surface area (Å²) in [6.07, 6.45) is 0.154. The molecule has 0 spiro atoms. The zero-order valence-corrected chi connectivity index (χ0v) is 10.1. The molecule has 1 aromatic rings. The highest BCUT2D eigenvalue weighted by Gasteiger charge is 2.04. The first kappa shape index (κ1) is 12.2. The SMILES string of the molecule is C[C@@H](NCCC(=O)O)c1ccc(Br)cc1. The summed E-state index contributed by atoms with van der Waals surface area (Å²) >= 11 is 3.37. The summed E-state index contributed by atoms with van der Waals surface area (Å²) in [7, 11) is 0. The van der Waals surface area contributed by atoms with Crippen molar-refractivity contribution < 1.29 is 9.90 Å². The Balaban J connectivity index is 2.43. The minimum atomic E-state index is -0.773. The molecule has 0 saturated carbocycles. The van der Waals surface area contributed by atoms with Crippen molar-refractivity contribution >= 4 is 21.9 Å². The molecule has 0 aromatic heterocycles. The highest BCUT2D eigenvalue weighted by Crippen LogP contribution is 2.16. The number of hydrogen-bond donors (Lipinski definition) is 2. The lowest BCUT2D eigenvalue weighted by molar-refractivity contribution is -0.136. The molecule has 4 heteroatoms. The second-order valence-electron chi connectivity index (χ2n) is 3.37. The lowest BCUT2D eigenvalue weighted by Gasteiger charge is -2.13. The van der Waals surface area contributed by atoms with E-state index in [0.29, 0.717) is 6.54 Å². The van der Waals surface area contributed by atoms with Crippen molar-refractivity contribution in [3.05, 3.63) is 34.3 Å². The van der Waals surface area contributed by atoms with E-state index >= 15 is 0 Å². The van der Waals surface area contributed by atoms with E-state index in [2.05, 4.69) is 21.2 Å². The minimum Gasteiger partial charge on any atom is -0.481 e. The van der Waals surface area contributed by atoms with Crippen LogP contribution in [0.5, 0.6) is 0 Å². The molecule has 3 nitrogen and oxygen atoms in total. The van der Waals surface area contributed by atoms with Crippen molar-refractivity contribution in [1.82, 2.24) is 5.32 Å². The van der Waals surface area contributed by atoms with E-state index in [-0.39, 0.29) is 12.5 Å². The topological polar surface area (TPSA) is 49.3 Å². The number of benzene rings is 1. The van der Waals surface area contributed by atoms with Gasteiger partial charge in [0.1, 0.15) is 0 Å². The standard InChI is InChI=1S/C11H14BrNO2/c1-8(13-7-6-11(14)15)9-2-4-10(12)5-3-9/h2-5,8,13H,6-7H2,1H3,(H,14,15)/t8-/m1/s1. The first-order valence-electron chi connectivity index (χ1n) is 4.80. The molecule has 1 atom stereocenters. The van der Waals surface area contributed by atoms with Crippen molar-refractivity contribution in [2.24, 2.45) is 0 Å². The minimum absolute atomic E-state index is 0.154. The fourth-order valence-corrected chi connectivity index (χ4v) is 1.53.